The summed E-state index contributed by atoms with van der Waals surface area (Å²) in [6, 6.07) is 7.89. The first kappa shape index (κ1) is 10.1. The lowest BCUT2D eigenvalue weighted by Crippen LogP contribution is -2.04. The van der Waals surface area contributed by atoms with Gasteiger partial charge in [-0.05, 0) is 19.4 Å². The molecule has 13 heavy (non-hydrogen) atoms. The van der Waals surface area contributed by atoms with Crippen molar-refractivity contribution in [1.29, 1.82) is 0 Å². The Morgan fingerprint density at radius 3 is 2.62 bits per heavy atom. The van der Waals surface area contributed by atoms with Gasteiger partial charge in [0.15, 0.2) is 0 Å². The van der Waals surface area contributed by atoms with Crippen LogP contribution in [0.25, 0.3) is 0 Å². The molecule has 2 heteroatoms. The molecule has 0 aromatic heterocycles. The molecule has 2 nitrogen and oxygen atoms in total. The number of benzene rings is 1. The average Bonchev–Trinajstić information content (AvgIpc) is 2.18. The van der Waals surface area contributed by atoms with Gasteiger partial charge in [-0.1, -0.05) is 25.1 Å². The highest BCUT2D eigenvalue weighted by molar-refractivity contribution is 5.51. The van der Waals surface area contributed by atoms with Gasteiger partial charge in [0.2, 0.25) is 0 Å². The number of para-hydroxylation sites is 1. The molecule has 1 atom stereocenters. The van der Waals surface area contributed by atoms with E-state index < -0.39 is 0 Å². The predicted molar refractivity (Wildman–Crippen MR) is 55.9 cm³/mol. The van der Waals surface area contributed by atoms with Gasteiger partial charge in [0, 0.05) is 17.8 Å². The predicted octanol–water partition coefficient (Wildman–Crippen LogP) is 2.56. The Hall–Kier alpha value is -1.02. The van der Waals surface area contributed by atoms with E-state index in [1.807, 2.05) is 31.2 Å². The normalized spacial score (nSPS) is 12.5. The lowest BCUT2D eigenvalue weighted by Gasteiger charge is -2.14. The highest BCUT2D eigenvalue weighted by Crippen LogP contribution is 2.24. The Labute approximate surface area is 79.6 Å². The van der Waals surface area contributed by atoms with Crippen LogP contribution in [0.5, 0.6) is 0 Å². The van der Waals surface area contributed by atoms with E-state index in [0.29, 0.717) is 0 Å². The van der Waals surface area contributed by atoms with Crippen molar-refractivity contribution in [3.05, 3.63) is 29.8 Å². The van der Waals surface area contributed by atoms with Gasteiger partial charge in [0.05, 0.1) is 6.10 Å². The molecule has 0 bridgehead atoms. The third-order valence-corrected chi connectivity index (χ3v) is 2.07. The van der Waals surface area contributed by atoms with E-state index in [4.69, 9.17) is 0 Å². The third kappa shape index (κ3) is 2.46. The van der Waals surface area contributed by atoms with Gasteiger partial charge < -0.3 is 10.4 Å². The van der Waals surface area contributed by atoms with Crippen LogP contribution in [0.3, 0.4) is 0 Å². The number of anilines is 1. The summed E-state index contributed by atoms with van der Waals surface area (Å²) in [6.45, 7) is 4.91. The molecule has 0 radical (unpaired) electrons. The Bertz CT molecular complexity index is 260. The molecule has 0 aliphatic carbocycles. The highest BCUT2D eigenvalue weighted by atomic mass is 16.3. The second-order valence-electron chi connectivity index (χ2n) is 3.04. The van der Waals surface area contributed by atoms with Crippen molar-refractivity contribution in [1.82, 2.24) is 0 Å². The lowest BCUT2D eigenvalue weighted by atomic mass is 10.1. The zero-order chi connectivity index (χ0) is 9.68. The Morgan fingerprint density at radius 1 is 1.31 bits per heavy atom. The second kappa shape index (κ2) is 4.87. The molecule has 72 valence electrons. The van der Waals surface area contributed by atoms with Crippen LogP contribution in [0.1, 0.15) is 31.9 Å². The molecule has 1 aromatic rings. The van der Waals surface area contributed by atoms with Crippen molar-refractivity contribution < 1.29 is 5.11 Å². The van der Waals surface area contributed by atoms with Crippen LogP contribution < -0.4 is 5.32 Å². The maximum absolute atomic E-state index is 9.70. The molecule has 0 saturated carbocycles. The molecule has 1 rings (SSSR count). The topological polar surface area (TPSA) is 32.3 Å². The smallest absolute Gasteiger partial charge is 0.0807 e. The van der Waals surface area contributed by atoms with Gasteiger partial charge in [-0.25, -0.2) is 0 Å². The number of hydrogen-bond acceptors (Lipinski definition) is 2. The van der Waals surface area contributed by atoms with Crippen LogP contribution in [0.4, 0.5) is 5.69 Å². The molecular formula is C11H17NO. The van der Waals surface area contributed by atoms with Crippen LogP contribution in [-0.2, 0) is 0 Å². The van der Waals surface area contributed by atoms with Crippen LogP contribution in [-0.4, -0.2) is 11.7 Å². The standard InChI is InChI=1S/C11H17NO/c1-3-11(13)9-7-5-6-8-10(9)12-4-2/h5-8,11-13H,3-4H2,1-2H3. The van der Waals surface area contributed by atoms with Crippen LogP contribution in [0, 0.1) is 0 Å². The first-order chi connectivity index (χ1) is 6.29. The first-order valence-electron chi connectivity index (χ1n) is 4.80. The Balaban J connectivity index is 2.90. The van der Waals surface area contributed by atoms with E-state index in [-0.39, 0.29) is 6.10 Å². The maximum Gasteiger partial charge on any atom is 0.0807 e. The van der Waals surface area contributed by atoms with Gasteiger partial charge >= 0.3 is 0 Å². The SMILES string of the molecule is CCNc1ccccc1C(O)CC. The van der Waals surface area contributed by atoms with Crippen LogP contribution in [0.15, 0.2) is 24.3 Å². The molecule has 0 amide bonds. The van der Waals surface area contributed by atoms with Crippen molar-refractivity contribution in [3.63, 3.8) is 0 Å². The van der Waals surface area contributed by atoms with Crippen LogP contribution >= 0.6 is 0 Å². The van der Waals surface area contributed by atoms with Crippen molar-refractivity contribution >= 4 is 5.69 Å². The van der Waals surface area contributed by atoms with Gasteiger partial charge in [-0.3, -0.25) is 0 Å². The number of hydrogen-bond donors (Lipinski definition) is 2. The van der Waals surface area contributed by atoms with Crippen molar-refractivity contribution in [2.45, 2.75) is 26.4 Å². The van der Waals surface area contributed by atoms with Gasteiger partial charge in [0.1, 0.15) is 0 Å². The quantitative estimate of drug-likeness (QED) is 0.744. The summed E-state index contributed by atoms with van der Waals surface area (Å²) < 4.78 is 0. The van der Waals surface area contributed by atoms with Gasteiger partial charge in [0.25, 0.3) is 0 Å². The first-order valence-corrected chi connectivity index (χ1v) is 4.80. The summed E-state index contributed by atoms with van der Waals surface area (Å²) in [5.74, 6) is 0. The summed E-state index contributed by atoms with van der Waals surface area (Å²) in [4.78, 5) is 0. The van der Waals surface area contributed by atoms with Gasteiger partial charge in [-0.2, -0.15) is 0 Å². The molecule has 0 spiro atoms. The third-order valence-electron chi connectivity index (χ3n) is 2.07. The molecule has 1 unspecified atom stereocenters. The van der Waals surface area contributed by atoms with E-state index >= 15 is 0 Å². The maximum atomic E-state index is 9.70. The largest absolute Gasteiger partial charge is 0.388 e. The fourth-order valence-electron chi connectivity index (χ4n) is 1.36. The van der Waals surface area contributed by atoms with Crippen LogP contribution in [0.2, 0.25) is 0 Å². The average molecular weight is 179 g/mol. The van der Waals surface area contributed by atoms with Crippen molar-refractivity contribution in [3.8, 4) is 0 Å². The Morgan fingerprint density at radius 2 is 2.00 bits per heavy atom. The van der Waals surface area contributed by atoms with E-state index in [0.717, 1.165) is 24.2 Å². The lowest BCUT2D eigenvalue weighted by molar-refractivity contribution is 0.174. The second-order valence-corrected chi connectivity index (χ2v) is 3.04. The summed E-state index contributed by atoms with van der Waals surface area (Å²) in [5, 5.41) is 12.9. The van der Waals surface area contributed by atoms with Gasteiger partial charge in [-0.15, -0.1) is 0 Å². The molecular weight excluding hydrogens is 162 g/mol. The molecule has 2 N–H and O–H groups in total. The summed E-state index contributed by atoms with van der Waals surface area (Å²) >= 11 is 0. The number of nitrogens with one attached hydrogen (secondary N) is 1. The fraction of sp³-hybridized carbons (Fsp3) is 0.455. The van der Waals surface area contributed by atoms with Crippen molar-refractivity contribution in [2.24, 2.45) is 0 Å². The van der Waals surface area contributed by atoms with E-state index in [1.165, 1.54) is 0 Å². The van der Waals surface area contributed by atoms with E-state index in [9.17, 15) is 5.11 Å². The minimum Gasteiger partial charge on any atom is -0.388 e. The number of rotatable bonds is 4. The fourth-order valence-corrected chi connectivity index (χ4v) is 1.36. The summed E-state index contributed by atoms with van der Waals surface area (Å²) in [5.41, 5.74) is 2.03. The molecule has 0 fully saturated rings. The zero-order valence-corrected chi connectivity index (χ0v) is 8.25. The van der Waals surface area contributed by atoms with E-state index in [1.54, 1.807) is 0 Å². The molecule has 0 aliphatic rings. The number of aliphatic hydroxyl groups is 1. The monoisotopic (exact) mass is 179 g/mol. The summed E-state index contributed by atoms with van der Waals surface area (Å²) in [6.07, 6.45) is 0.401. The molecule has 0 saturated heterocycles. The highest BCUT2D eigenvalue weighted by Gasteiger charge is 2.08. The summed E-state index contributed by atoms with van der Waals surface area (Å²) in [7, 11) is 0. The minimum atomic E-state index is -0.352. The minimum absolute atomic E-state index is 0.352. The van der Waals surface area contributed by atoms with E-state index in [2.05, 4.69) is 12.2 Å². The number of aliphatic hydroxyl groups excluding tert-OH is 1. The van der Waals surface area contributed by atoms with Crippen molar-refractivity contribution in [2.75, 3.05) is 11.9 Å². The Kier molecular flexibility index (Phi) is 3.77. The molecule has 0 aliphatic heterocycles. The zero-order valence-electron chi connectivity index (χ0n) is 8.25. The molecule has 0 heterocycles. The molecule has 1 aromatic carbocycles.